The monoisotopic (exact) mass is 479 g/mol. The Kier molecular flexibility index (Phi) is 12.2. The highest BCUT2D eigenvalue weighted by molar-refractivity contribution is 6.00. The largest absolute Gasteiger partial charge is 0.493 e. The maximum atomic E-state index is 13.8. The van der Waals surface area contributed by atoms with Crippen molar-refractivity contribution >= 4 is 29.8 Å². The summed E-state index contributed by atoms with van der Waals surface area (Å²) in [7, 11) is 5.41. The van der Waals surface area contributed by atoms with Gasteiger partial charge in [-0.1, -0.05) is 13.8 Å². The zero-order chi connectivity index (χ0) is 25.7. The lowest BCUT2D eigenvalue weighted by Crippen LogP contribution is -2.20. The number of amides is 2. The Morgan fingerprint density at radius 3 is 2.41 bits per heavy atom. The SMILES string of the molecule is C=NN(C)/C(=C/F)c1cc(NC(=O)Nc2ccc(F)cc2F)ccc1OCCCN(C)C.CC. The number of urea groups is 1. The Bertz CT molecular complexity index is 983. The molecule has 0 radical (unpaired) electrons. The van der Waals surface area contributed by atoms with E-state index in [1.807, 2.05) is 32.8 Å². The molecule has 34 heavy (non-hydrogen) atoms. The molecule has 0 bridgehead atoms. The summed E-state index contributed by atoms with van der Waals surface area (Å²) < 4.78 is 46.3. The summed E-state index contributed by atoms with van der Waals surface area (Å²) in [6.07, 6.45) is 1.11. The van der Waals surface area contributed by atoms with Crippen LogP contribution >= 0.6 is 0 Å². The number of nitrogens with zero attached hydrogens (tertiary/aromatic N) is 3. The molecule has 0 atom stereocenters. The summed E-state index contributed by atoms with van der Waals surface area (Å²) in [5.74, 6) is -1.29. The number of halogens is 3. The third-order valence-corrected chi connectivity index (χ3v) is 4.36. The van der Waals surface area contributed by atoms with Gasteiger partial charge in [-0.25, -0.2) is 18.0 Å². The van der Waals surface area contributed by atoms with Gasteiger partial charge in [0.2, 0.25) is 0 Å². The zero-order valence-electron chi connectivity index (χ0n) is 20.2. The number of nitrogens with one attached hydrogen (secondary N) is 2. The summed E-state index contributed by atoms with van der Waals surface area (Å²) in [4.78, 5) is 14.3. The lowest BCUT2D eigenvalue weighted by Gasteiger charge is -2.20. The fourth-order valence-electron chi connectivity index (χ4n) is 2.75. The number of anilines is 2. The van der Waals surface area contributed by atoms with Crippen LogP contribution in [-0.4, -0.2) is 57.0 Å². The summed E-state index contributed by atoms with van der Waals surface area (Å²) >= 11 is 0. The van der Waals surface area contributed by atoms with Crippen LogP contribution in [0.15, 0.2) is 47.8 Å². The molecule has 2 aromatic carbocycles. The first-order valence-corrected chi connectivity index (χ1v) is 10.7. The highest BCUT2D eigenvalue weighted by atomic mass is 19.1. The molecule has 0 aliphatic heterocycles. The van der Waals surface area contributed by atoms with Crippen molar-refractivity contribution in [3.8, 4) is 5.75 Å². The lowest BCUT2D eigenvalue weighted by atomic mass is 10.1. The van der Waals surface area contributed by atoms with Gasteiger partial charge >= 0.3 is 6.03 Å². The molecule has 0 fully saturated rings. The number of hydrogen-bond acceptors (Lipinski definition) is 5. The molecule has 2 rings (SSSR count). The van der Waals surface area contributed by atoms with Crippen molar-refractivity contribution in [2.45, 2.75) is 20.3 Å². The van der Waals surface area contributed by atoms with E-state index < -0.39 is 17.7 Å². The minimum Gasteiger partial charge on any atom is -0.493 e. The van der Waals surface area contributed by atoms with Crippen LogP contribution in [0.2, 0.25) is 0 Å². The third-order valence-electron chi connectivity index (χ3n) is 4.36. The van der Waals surface area contributed by atoms with E-state index in [-0.39, 0.29) is 17.1 Å². The van der Waals surface area contributed by atoms with Crippen LogP contribution in [0.3, 0.4) is 0 Å². The number of carbonyl (C=O) groups excluding carboxylic acids is 1. The third kappa shape index (κ3) is 8.78. The number of benzene rings is 2. The molecule has 0 aliphatic carbocycles. The molecule has 2 N–H and O–H groups in total. The highest BCUT2D eigenvalue weighted by Gasteiger charge is 2.16. The van der Waals surface area contributed by atoms with Crippen molar-refractivity contribution in [3.05, 3.63) is 59.9 Å². The van der Waals surface area contributed by atoms with Crippen LogP contribution in [0.4, 0.5) is 29.3 Å². The fourth-order valence-corrected chi connectivity index (χ4v) is 2.75. The second-order valence-electron chi connectivity index (χ2n) is 7.08. The van der Waals surface area contributed by atoms with E-state index in [1.165, 1.54) is 18.1 Å². The van der Waals surface area contributed by atoms with Gasteiger partial charge in [-0.15, -0.1) is 0 Å². The van der Waals surface area contributed by atoms with E-state index in [0.29, 0.717) is 30.3 Å². The van der Waals surface area contributed by atoms with Gasteiger partial charge in [0.05, 0.1) is 18.0 Å². The van der Waals surface area contributed by atoms with E-state index >= 15 is 0 Å². The van der Waals surface area contributed by atoms with Gasteiger partial charge in [-0.05, 0) is 50.8 Å². The Hall–Kier alpha value is -3.53. The number of hydrazone groups is 1. The summed E-state index contributed by atoms with van der Waals surface area (Å²) in [5, 5.41) is 9.75. The molecule has 0 unspecified atom stereocenters. The second-order valence-corrected chi connectivity index (χ2v) is 7.08. The average molecular weight is 480 g/mol. The van der Waals surface area contributed by atoms with Gasteiger partial charge in [-0.3, -0.25) is 5.01 Å². The van der Waals surface area contributed by atoms with E-state index in [4.69, 9.17) is 4.74 Å². The molecule has 2 aromatic rings. The first-order valence-electron chi connectivity index (χ1n) is 10.7. The van der Waals surface area contributed by atoms with E-state index in [9.17, 15) is 18.0 Å². The number of carbonyl (C=O) groups is 1. The predicted octanol–water partition coefficient (Wildman–Crippen LogP) is 5.78. The molecule has 0 spiro atoms. The molecular formula is C24H32F3N5O2. The van der Waals surface area contributed by atoms with Gasteiger partial charge in [0.1, 0.15) is 23.7 Å². The van der Waals surface area contributed by atoms with Crippen LogP contribution in [0.25, 0.3) is 5.70 Å². The predicted molar refractivity (Wildman–Crippen MR) is 132 cm³/mol. The molecule has 7 nitrogen and oxygen atoms in total. The standard InChI is InChI=1S/C22H26F3N5O2.C2H6/c1-26-30(4)20(14-23)17-13-16(7-9-21(17)32-11-5-10-29(2)3)27-22(31)28-19-8-6-15(24)12-18(19)25;1-2/h6-9,12-14H,1,5,10-11H2,2-4H3,(H2,27,28,31);1-2H3/b20-14+;. The van der Waals surface area contributed by atoms with Crippen LogP contribution in [0, 0.1) is 11.6 Å². The first-order chi connectivity index (χ1) is 16.2. The smallest absolute Gasteiger partial charge is 0.323 e. The van der Waals surface area contributed by atoms with E-state index in [1.54, 1.807) is 12.1 Å². The Morgan fingerprint density at radius 2 is 1.82 bits per heavy atom. The van der Waals surface area contributed by atoms with Crippen molar-refractivity contribution in [2.24, 2.45) is 5.10 Å². The number of hydrogen-bond donors (Lipinski definition) is 2. The van der Waals surface area contributed by atoms with Gasteiger partial charge in [0.15, 0.2) is 0 Å². The molecule has 0 saturated heterocycles. The van der Waals surface area contributed by atoms with Gasteiger partial charge < -0.3 is 20.3 Å². The topological polar surface area (TPSA) is 69.2 Å². The van der Waals surface area contributed by atoms with Crippen LogP contribution < -0.4 is 15.4 Å². The average Bonchev–Trinajstić information content (AvgIpc) is 2.81. The minimum atomic E-state index is -0.913. The van der Waals surface area contributed by atoms with Crippen LogP contribution in [-0.2, 0) is 0 Å². The van der Waals surface area contributed by atoms with Gasteiger partial charge in [0.25, 0.3) is 0 Å². The van der Waals surface area contributed by atoms with E-state index in [0.717, 1.165) is 25.1 Å². The minimum absolute atomic E-state index is 0.0660. The molecule has 0 saturated carbocycles. The normalized spacial score (nSPS) is 10.8. The second kappa shape index (κ2) is 14.6. The number of rotatable bonds is 10. The quantitative estimate of drug-likeness (QED) is 0.257. The van der Waals surface area contributed by atoms with Gasteiger partial charge in [-0.2, -0.15) is 5.10 Å². The highest BCUT2D eigenvalue weighted by Crippen LogP contribution is 2.31. The summed E-state index contributed by atoms with van der Waals surface area (Å²) in [5.41, 5.74) is 0.497. The summed E-state index contributed by atoms with van der Waals surface area (Å²) in [6.45, 7) is 8.60. The molecule has 0 heterocycles. The fraction of sp³-hybridized carbons (Fsp3) is 0.333. The molecule has 0 aromatic heterocycles. The molecular weight excluding hydrogens is 447 g/mol. The number of ether oxygens (including phenoxy) is 1. The lowest BCUT2D eigenvalue weighted by molar-refractivity contribution is 0.262. The van der Waals surface area contributed by atoms with Crippen LogP contribution in [0.5, 0.6) is 5.75 Å². The molecule has 0 aliphatic rings. The molecule has 10 heteroatoms. The van der Waals surface area contributed by atoms with E-state index in [2.05, 4.69) is 22.5 Å². The molecule has 186 valence electrons. The summed E-state index contributed by atoms with van der Waals surface area (Å²) in [6, 6.07) is 6.66. The maximum absolute atomic E-state index is 13.8. The Labute approximate surface area is 198 Å². The maximum Gasteiger partial charge on any atom is 0.323 e. The Morgan fingerprint density at radius 1 is 1.12 bits per heavy atom. The van der Waals surface area contributed by atoms with Crippen molar-refractivity contribution in [1.82, 2.24) is 9.91 Å². The van der Waals surface area contributed by atoms with Crippen molar-refractivity contribution in [3.63, 3.8) is 0 Å². The van der Waals surface area contributed by atoms with Crippen LogP contribution in [0.1, 0.15) is 25.8 Å². The Balaban J connectivity index is 0.00000281. The van der Waals surface area contributed by atoms with Crippen molar-refractivity contribution in [2.75, 3.05) is 44.9 Å². The molecule has 2 amide bonds. The van der Waals surface area contributed by atoms with Crippen molar-refractivity contribution < 1.29 is 22.7 Å². The first kappa shape index (κ1) is 28.5. The van der Waals surface area contributed by atoms with Crippen molar-refractivity contribution in [1.29, 1.82) is 0 Å². The van der Waals surface area contributed by atoms with Gasteiger partial charge in [0, 0.05) is 37.6 Å². The zero-order valence-corrected chi connectivity index (χ0v) is 20.2.